The van der Waals surface area contributed by atoms with E-state index in [0.717, 1.165) is 23.1 Å². The van der Waals surface area contributed by atoms with Crippen LogP contribution in [0.1, 0.15) is 62.0 Å². The molecule has 0 N–H and O–H groups in total. The number of amides is 1. The fraction of sp³-hybridized carbons (Fsp3) is 0.462. The number of carbonyl (C=O) groups is 1. The molecule has 0 unspecified atom stereocenters. The van der Waals surface area contributed by atoms with E-state index in [9.17, 15) is 4.79 Å². The lowest BCUT2D eigenvalue weighted by molar-refractivity contribution is 0.0303. The maximum Gasteiger partial charge on any atom is 0.254 e. The van der Waals surface area contributed by atoms with Crippen molar-refractivity contribution < 1.29 is 13.9 Å². The summed E-state index contributed by atoms with van der Waals surface area (Å²) in [4.78, 5) is 19.3. The van der Waals surface area contributed by atoms with Gasteiger partial charge in [-0.15, -0.1) is 0 Å². The van der Waals surface area contributed by atoms with Crippen molar-refractivity contribution in [2.24, 2.45) is 0 Å². The number of rotatable bonds is 2. The van der Waals surface area contributed by atoms with Crippen molar-refractivity contribution in [2.45, 2.75) is 51.4 Å². The number of hydrogen-bond acceptors (Lipinski definition) is 4. The van der Waals surface area contributed by atoms with E-state index < -0.39 is 0 Å². The van der Waals surface area contributed by atoms with Crippen molar-refractivity contribution in [1.29, 1.82) is 0 Å². The van der Waals surface area contributed by atoms with Gasteiger partial charge in [-0.25, -0.2) is 4.98 Å². The topological polar surface area (TPSA) is 55.6 Å². The number of aromatic nitrogens is 1. The van der Waals surface area contributed by atoms with Crippen LogP contribution in [0.4, 0.5) is 0 Å². The van der Waals surface area contributed by atoms with Gasteiger partial charge in [0.15, 0.2) is 5.58 Å². The number of carbonyl (C=O) groups excluding carboxylic acids is 1. The average molecular weight is 419 g/mol. The Labute approximate surface area is 183 Å². The van der Waals surface area contributed by atoms with Crippen LogP contribution >= 0.6 is 0 Å². The van der Waals surface area contributed by atoms with Crippen molar-refractivity contribution >= 4 is 17.0 Å². The van der Waals surface area contributed by atoms with Gasteiger partial charge in [-0.05, 0) is 71.2 Å². The monoisotopic (exact) mass is 418 g/mol. The Balaban J connectivity index is 1.48. The summed E-state index contributed by atoms with van der Waals surface area (Å²) < 4.78 is 11.5. The number of oxazole rings is 1. The molecule has 1 aliphatic carbocycles. The summed E-state index contributed by atoms with van der Waals surface area (Å²) in [5.74, 6) is 0.642. The Morgan fingerprint density at radius 1 is 0.935 bits per heavy atom. The van der Waals surface area contributed by atoms with Gasteiger partial charge in [0.05, 0.1) is 13.2 Å². The number of benzene rings is 2. The maximum atomic E-state index is 12.7. The Kier molecular flexibility index (Phi) is 4.70. The fourth-order valence-electron chi connectivity index (χ4n) is 4.82. The molecule has 2 heterocycles. The highest BCUT2D eigenvalue weighted by Crippen LogP contribution is 2.47. The van der Waals surface area contributed by atoms with E-state index in [4.69, 9.17) is 14.1 Å². The molecule has 162 valence electrons. The van der Waals surface area contributed by atoms with Crippen LogP contribution in [0.3, 0.4) is 0 Å². The Bertz CT molecular complexity index is 1080. The van der Waals surface area contributed by atoms with Gasteiger partial charge >= 0.3 is 0 Å². The fourth-order valence-corrected chi connectivity index (χ4v) is 4.82. The van der Waals surface area contributed by atoms with Gasteiger partial charge in [-0.2, -0.15) is 0 Å². The number of morpholine rings is 1. The smallest absolute Gasteiger partial charge is 0.254 e. The quantitative estimate of drug-likeness (QED) is 0.565. The van der Waals surface area contributed by atoms with Crippen LogP contribution in [0.15, 0.2) is 40.8 Å². The zero-order valence-electron chi connectivity index (χ0n) is 18.8. The largest absolute Gasteiger partial charge is 0.436 e. The van der Waals surface area contributed by atoms with Gasteiger partial charge in [0, 0.05) is 24.2 Å². The molecule has 0 atom stereocenters. The molecule has 5 heteroatoms. The number of ether oxygens (including phenoxy) is 1. The molecule has 2 aromatic carbocycles. The van der Waals surface area contributed by atoms with E-state index in [1.807, 2.05) is 29.2 Å². The van der Waals surface area contributed by atoms with Crippen LogP contribution in [0.2, 0.25) is 0 Å². The molecular formula is C26H30N2O3. The lowest BCUT2D eigenvalue weighted by atomic mass is 9.63. The Hall–Kier alpha value is -2.66. The lowest BCUT2D eigenvalue weighted by Crippen LogP contribution is -2.40. The molecule has 0 saturated carbocycles. The summed E-state index contributed by atoms with van der Waals surface area (Å²) in [5.41, 5.74) is 6.30. The molecule has 1 fully saturated rings. The summed E-state index contributed by atoms with van der Waals surface area (Å²) >= 11 is 0. The van der Waals surface area contributed by atoms with E-state index in [0.29, 0.717) is 37.8 Å². The predicted octanol–water partition coefficient (Wildman–Crippen LogP) is 5.32. The molecular weight excluding hydrogens is 388 g/mol. The Morgan fingerprint density at radius 3 is 2.19 bits per heavy atom. The first-order valence-electron chi connectivity index (χ1n) is 11.2. The molecule has 1 aromatic heterocycles. The van der Waals surface area contributed by atoms with Gasteiger partial charge < -0.3 is 14.1 Å². The van der Waals surface area contributed by atoms with Crippen LogP contribution in [0.5, 0.6) is 0 Å². The summed E-state index contributed by atoms with van der Waals surface area (Å²) in [7, 11) is 0. The average Bonchev–Trinajstić information content (AvgIpc) is 3.20. The lowest BCUT2D eigenvalue weighted by Gasteiger charge is -2.41. The van der Waals surface area contributed by atoms with Crippen LogP contribution < -0.4 is 0 Å². The standard InChI is InChI=1S/C26H30N2O3/c1-25(2)9-10-26(3,4)20-16-22-21(15-19(20)25)27-23(31-22)17-5-7-18(8-6-17)24(29)28-11-13-30-14-12-28/h5-8,15-16H,9-14H2,1-4H3. The second kappa shape index (κ2) is 7.20. The molecule has 1 amide bonds. The first-order valence-corrected chi connectivity index (χ1v) is 11.2. The van der Waals surface area contributed by atoms with Crippen LogP contribution in [0.25, 0.3) is 22.6 Å². The molecule has 5 rings (SSSR count). The minimum atomic E-state index is 0.0459. The van der Waals surface area contributed by atoms with E-state index >= 15 is 0 Å². The first-order chi connectivity index (χ1) is 14.7. The van der Waals surface area contributed by atoms with Crippen molar-refractivity contribution in [2.75, 3.05) is 26.3 Å². The summed E-state index contributed by atoms with van der Waals surface area (Å²) in [5, 5.41) is 0. The van der Waals surface area contributed by atoms with Crippen molar-refractivity contribution in [1.82, 2.24) is 9.88 Å². The van der Waals surface area contributed by atoms with Crippen molar-refractivity contribution in [3.8, 4) is 11.5 Å². The van der Waals surface area contributed by atoms with Gasteiger partial charge in [0.25, 0.3) is 5.91 Å². The van der Waals surface area contributed by atoms with Crippen molar-refractivity contribution in [3.05, 3.63) is 53.1 Å². The molecule has 0 spiro atoms. The molecule has 0 radical (unpaired) electrons. The van der Waals surface area contributed by atoms with Gasteiger partial charge in [0.1, 0.15) is 5.52 Å². The zero-order valence-corrected chi connectivity index (χ0v) is 18.8. The number of nitrogens with zero attached hydrogens (tertiary/aromatic N) is 2. The van der Waals surface area contributed by atoms with Gasteiger partial charge in [-0.3, -0.25) is 4.79 Å². The van der Waals surface area contributed by atoms with Crippen LogP contribution in [0, 0.1) is 0 Å². The third-order valence-electron chi connectivity index (χ3n) is 7.04. The van der Waals surface area contributed by atoms with Crippen molar-refractivity contribution in [3.63, 3.8) is 0 Å². The molecule has 5 nitrogen and oxygen atoms in total. The van der Waals surface area contributed by atoms with Crippen LogP contribution in [-0.4, -0.2) is 42.1 Å². The summed E-state index contributed by atoms with van der Waals surface area (Å²) in [6.45, 7) is 11.7. The second-order valence-electron chi connectivity index (χ2n) is 10.1. The first kappa shape index (κ1) is 20.3. The molecule has 31 heavy (non-hydrogen) atoms. The Morgan fingerprint density at radius 2 is 1.55 bits per heavy atom. The zero-order chi connectivity index (χ0) is 21.8. The SMILES string of the molecule is CC1(C)CCC(C)(C)c2cc3oc(-c4ccc(C(=O)N5CCOCC5)cc4)nc3cc21. The normalized spacial score (nSPS) is 19.9. The second-order valence-corrected chi connectivity index (χ2v) is 10.1. The third kappa shape index (κ3) is 3.55. The van der Waals surface area contributed by atoms with E-state index in [1.165, 1.54) is 17.5 Å². The number of hydrogen-bond donors (Lipinski definition) is 0. The molecule has 1 aliphatic heterocycles. The molecule has 2 aliphatic rings. The highest BCUT2D eigenvalue weighted by atomic mass is 16.5. The third-order valence-corrected chi connectivity index (χ3v) is 7.04. The molecule has 1 saturated heterocycles. The molecule has 0 bridgehead atoms. The predicted molar refractivity (Wildman–Crippen MR) is 121 cm³/mol. The van der Waals surface area contributed by atoms with Gasteiger partial charge in [-0.1, -0.05) is 27.7 Å². The maximum absolute atomic E-state index is 12.7. The minimum absolute atomic E-state index is 0.0459. The van der Waals surface area contributed by atoms with E-state index in [-0.39, 0.29) is 16.7 Å². The van der Waals surface area contributed by atoms with Gasteiger partial charge in [0.2, 0.25) is 5.89 Å². The molecule has 3 aromatic rings. The van der Waals surface area contributed by atoms with Crippen LogP contribution in [-0.2, 0) is 15.6 Å². The summed E-state index contributed by atoms with van der Waals surface area (Å²) in [6.07, 6.45) is 2.33. The highest BCUT2D eigenvalue weighted by molar-refractivity contribution is 5.94. The minimum Gasteiger partial charge on any atom is -0.436 e. The number of fused-ring (bicyclic) bond motifs is 2. The summed E-state index contributed by atoms with van der Waals surface area (Å²) in [6, 6.07) is 12.0. The van der Waals surface area contributed by atoms with E-state index in [2.05, 4.69) is 39.8 Å². The van der Waals surface area contributed by atoms with E-state index in [1.54, 1.807) is 0 Å². The highest BCUT2D eigenvalue weighted by Gasteiger charge is 2.37.